The van der Waals surface area contributed by atoms with Gasteiger partial charge in [-0.05, 0) is 36.8 Å². The first-order valence-electron chi connectivity index (χ1n) is 7.32. The molecule has 1 heterocycles. The third-order valence-electron chi connectivity index (χ3n) is 3.29. The summed E-state index contributed by atoms with van der Waals surface area (Å²) < 4.78 is 1.08. The number of carbonyl (C=O) groups is 1. The summed E-state index contributed by atoms with van der Waals surface area (Å²) in [6, 6.07) is 14.6. The summed E-state index contributed by atoms with van der Waals surface area (Å²) in [5.41, 5.74) is 4.28. The van der Waals surface area contributed by atoms with Crippen molar-refractivity contribution in [3.63, 3.8) is 0 Å². The van der Waals surface area contributed by atoms with E-state index in [0.717, 1.165) is 15.8 Å². The number of amides is 1. The molecule has 5 nitrogen and oxygen atoms in total. The number of anilines is 1. The highest BCUT2D eigenvalue weighted by Crippen LogP contribution is 2.25. The fraction of sp³-hybridized carbons (Fsp3) is 0.118. The molecule has 24 heavy (non-hydrogen) atoms. The van der Waals surface area contributed by atoms with E-state index < -0.39 is 6.04 Å². The molecular weight excluding hydrogens is 344 g/mol. The fourth-order valence-corrected chi connectivity index (χ4v) is 3.08. The van der Waals surface area contributed by atoms with E-state index in [1.807, 2.05) is 36.4 Å². The van der Waals surface area contributed by atoms with Crippen LogP contribution in [0.1, 0.15) is 12.5 Å². The number of nitrogens with one attached hydrogen (secondary N) is 2. The number of nitrogens with zero attached hydrogens (tertiary/aromatic N) is 2. The number of halogens is 1. The van der Waals surface area contributed by atoms with Crippen molar-refractivity contribution in [3.8, 4) is 0 Å². The number of hydrogen-bond donors (Lipinski definition) is 2. The lowest BCUT2D eigenvalue weighted by molar-refractivity contribution is -0.121. The molecule has 0 fully saturated rings. The van der Waals surface area contributed by atoms with Gasteiger partial charge in [-0.15, -0.1) is 0 Å². The van der Waals surface area contributed by atoms with Crippen LogP contribution in [-0.4, -0.2) is 23.1 Å². The highest BCUT2D eigenvalue weighted by molar-refractivity contribution is 7.22. The molecule has 0 saturated heterocycles. The van der Waals surface area contributed by atoms with Crippen LogP contribution in [0, 0.1) is 0 Å². The summed E-state index contributed by atoms with van der Waals surface area (Å²) in [4.78, 5) is 16.5. The molecule has 0 aliphatic carbocycles. The summed E-state index contributed by atoms with van der Waals surface area (Å²) in [5, 5.41) is 8.41. The van der Waals surface area contributed by atoms with E-state index in [1.165, 1.54) is 11.3 Å². The van der Waals surface area contributed by atoms with Gasteiger partial charge in [-0.1, -0.05) is 47.2 Å². The van der Waals surface area contributed by atoms with E-state index in [1.54, 1.807) is 25.3 Å². The van der Waals surface area contributed by atoms with Crippen LogP contribution in [0.15, 0.2) is 53.6 Å². The number of aromatic nitrogens is 1. The Balaban J connectivity index is 1.57. The number of carbonyl (C=O) groups excluding carboxylic acids is 1. The van der Waals surface area contributed by atoms with Crippen molar-refractivity contribution in [1.82, 2.24) is 10.4 Å². The Morgan fingerprint density at radius 3 is 2.75 bits per heavy atom. The number of thiazole rings is 1. The van der Waals surface area contributed by atoms with Crippen LogP contribution in [0.3, 0.4) is 0 Å². The van der Waals surface area contributed by atoms with Gasteiger partial charge in [0.25, 0.3) is 5.91 Å². The Bertz CT molecular complexity index is 843. The molecular formula is C17H15ClN4OS. The molecule has 1 aromatic heterocycles. The van der Waals surface area contributed by atoms with Crippen LogP contribution in [-0.2, 0) is 4.79 Å². The standard InChI is InChI=1S/C17H15ClN4OS/c1-11(20-17-21-14-4-2-3-5-15(14)24-17)16(23)22-19-10-12-6-8-13(18)9-7-12/h2-11H,1H3,(H,20,21)(H,22,23)/b19-10-/t11-/m1/s1. The Kier molecular flexibility index (Phi) is 5.08. The summed E-state index contributed by atoms with van der Waals surface area (Å²) >= 11 is 7.33. The highest BCUT2D eigenvalue weighted by atomic mass is 35.5. The van der Waals surface area contributed by atoms with Gasteiger partial charge in [0.15, 0.2) is 5.13 Å². The molecule has 0 radical (unpaired) electrons. The predicted octanol–water partition coefficient (Wildman–Crippen LogP) is 3.90. The summed E-state index contributed by atoms with van der Waals surface area (Å²) in [5.74, 6) is -0.237. The topological polar surface area (TPSA) is 66.4 Å². The fourth-order valence-electron chi connectivity index (χ4n) is 2.00. The van der Waals surface area contributed by atoms with Gasteiger partial charge in [0.2, 0.25) is 0 Å². The maximum atomic E-state index is 12.1. The maximum absolute atomic E-state index is 12.1. The zero-order valence-electron chi connectivity index (χ0n) is 12.9. The predicted molar refractivity (Wildman–Crippen MR) is 99.9 cm³/mol. The largest absolute Gasteiger partial charge is 0.350 e. The van der Waals surface area contributed by atoms with Crippen LogP contribution >= 0.6 is 22.9 Å². The Labute approximate surface area is 148 Å². The van der Waals surface area contributed by atoms with E-state index in [-0.39, 0.29) is 5.91 Å². The van der Waals surface area contributed by atoms with E-state index in [4.69, 9.17) is 11.6 Å². The van der Waals surface area contributed by atoms with Crippen LogP contribution in [0.4, 0.5) is 5.13 Å². The molecule has 2 N–H and O–H groups in total. The maximum Gasteiger partial charge on any atom is 0.262 e. The lowest BCUT2D eigenvalue weighted by atomic mass is 10.2. The minimum Gasteiger partial charge on any atom is -0.350 e. The van der Waals surface area contributed by atoms with Crippen LogP contribution in [0.2, 0.25) is 5.02 Å². The quantitative estimate of drug-likeness (QED) is 0.537. The van der Waals surface area contributed by atoms with E-state index >= 15 is 0 Å². The Hall–Kier alpha value is -2.44. The lowest BCUT2D eigenvalue weighted by Crippen LogP contribution is -2.34. The molecule has 0 bridgehead atoms. The summed E-state index contributed by atoms with van der Waals surface area (Å²) in [6.07, 6.45) is 1.57. The van der Waals surface area contributed by atoms with Crippen molar-refractivity contribution in [2.45, 2.75) is 13.0 Å². The van der Waals surface area contributed by atoms with Gasteiger partial charge in [0, 0.05) is 5.02 Å². The van der Waals surface area contributed by atoms with Crippen molar-refractivity contribution < 1.29 is 4.79 Å². The van der Waals surface area contributed by atoms with Gasteiger partial charge in [0.1, 0.15) is 6.04 Å². The van der Waals surface area contributed by atoms with Gasteiger partial charge in [0.05, 0.1) is 16.4 Å². The molecule has 0 aliphatic heterocycles. The number of hydrazone groups is 1. The molecule has 1 amide bonds. The molecule has 7 heteroatoms. The number of benzene rings is 2. The van der Waals surface area contributed by atoms with Gasteiger partial charge in [-0.2, -0.15) is 5.10 Å². The average Bonchev–Trinajstić information content (AvgIpc) is 2.98. The van der Waals surface area contributed by atoms with Crippen molar-refractivity contribution in [2.75, 3.05) is 5.32 Å². The Morgan fingerprint density at radius 1 is 1.25 bits per heavy atom. The smallest absolute Gasteiger partial charge is 0.262 e. The second-order valence-electron chi connectivity index (χ2n) is 5.14. The second kappa shape index (κ2) is 7.42. The monoisotopic (exact) mass is 358 g/mol. The highest BCUT2D eigenvalue weighted by Gasteiger charge is 2.13. The minimum atomic E-state index is -0.451. The SMILES string of the molecule is C[C@@H](Nc1nc2ccccc2s1)C(=O)N/N=C\c1ccc(Cl)cc1. The zero-order chi connectivity index (χ0) is 16.9. The number of hydrogen-bond acceptors (Lipinski definition) is 5. The molecule has 2 aromatic carbocycles. The molecule has 0 unspecified atom stereocenters. The zero-order valence-corrected chi connectivity index (χ0v) is 14.4. The van der Waals surface area contributed by atoms with Gasteiger partial charge in [-0.25, -0.2) is 10.4 Å². The van der Waals surface area contributed by atoms with E-state index in [0.29, 0.717) is 10.2 Å². The lowest BCUT2D eigenvalue weighted by Gasteiger charge is -2.10. The van der Waals surface area contributed by atoms with Crippen LogP contribution in [0.25, 0.3) is 10.2 Å². The van der Waals surface area contributed by atoms with Gasteiger partial charge < -0.3 is 5.32 Å². The van der Waals surface area contributed by atoms with E-state index in [9.17, 15) is 4.79 Å². The van der Waals surface area contributed by atoms with Crippen LogP contribution in [0.5, 0.6) is 0 Å². The van der Waals surface area contributed by atoms with Gasteiger partial charge >= 0.3 is 0 Å². The first kappa shape index (κ1) is 16.4. The van der Waals surface area contributed by atoms with Crippen molar-refractivity contribution in [2.24, 2.45) is 5.10 Å². The second-order valence-corrected chi connectivity index (χ2v) is 6.61. The van der Waals surface area contributed by atoms with Crippen molar-refractivity contribution in [1.29, 1.82) is 0 Å². The Morgan fingerprint density at radius 2 is 2.00 bits per heavy atom. The normalized spacial score (nSPS) is 12.4. The summed E-state index contributed by atoms with van der Waals surface area (Å²) in [6.45, 7) is 1.76. The molecule has 1 atom stereocenters. The number of rotatable bonds is 5. The average molecular weight is 359 g/mol. The van der Waals surface area contributed by atoms with E-state index in [2.05, 4.69) is 20.8 Å². The third kappa shape index (κ3) is 4.10. The number of fused-ring (bicyclic) bond motifs is 1. The molecule has 122 valence electrons. The third-order valence-corrected chi connectivity index (χ3v) is 4.51. The molecule has 0 saturated carbocycles. The van der Waals surface area contributed by atoms with Crippen LogP contribution < -0.4 is 10.7 Å². The first-order chi connectivity index (χ1) is 11.6. The van der Waals surface area contributed by atoms with Gasteiger partial charge in [-0.3, -0.25) is 4.79 Å². The summed E-state index contributed by atoms with van der Waals surface area (Å²) in [7, 11) is 0. The van der Waals surface area contributed by atoms with Crippen molar-refractivity contribution >= 4 is 50.4 Å². The molecule has 0 spiro atoms. The molecule has 3 rings (SSSR count). The number of para-hydroxylation sites is 1. The minimum absolute atomic E-state index is 0.237. The first-order valence-corrected chi connectivity index (χ1v) is 8.52. The molecule has 0 aliphatic rings. The van der Waals surface area contributed by atoms with Crippen molar-refractivity contribution in [3.05, 3.63) is 59.1 Å². The molecule has 3 aromatic rings.